The molecule has 0 atom stereocenters. The maximum Gasteiger partial charge on any atom is 0.387 e. The summed E-state index contributed by atoms with van der Waals surface area (Å²) < 4.78 is 34.1. The van der Waals surface area contributed by atoms with Crippen LogP contribution in [0.3, 0.4) is 0 Å². The Balaban J connectivity index is 2.03. The van der Waals surface area contributed by atoms with Gasteiger partial charge in [-0.05, 0) is 23.6 Å². The first-order valence-electron chi connectivity index (χ1n) is 6.28. The summed E-state index contributed by atoms with van der Waals surface area (Å²) in [4.78, 5) is 12.8. The van der Waals surface area contributed by atoms with Crippen LogP contribution >= 0.6 is 11.3 Å². The van der Waals surface area contributed by atoms with Gasteiger partial charge >= 0.3 is 12.6 Å². The van der Waals surface area contributed by atoms with E-state index in [-0.39, 0.29) is 11.4 Å². The number of methoxy groups -OCH3 is 1. The summed E-state index contributed by atoms with van der Waals surface area (Å²) in [5.74, 6) is 0.275. The van der Waals surface area contributed by atoms with Crippen LogP contribution < -0.4 is 20.1 Å². The van der Waals surface area contributed by atoms with Gasteiger partial charge < -0.3 is 20.1 Å². The maximum absolute atomic E-state index is 12.4. The van der Waals surface area contributed by atoms with Gasteiger partial charge in [0.15, 0.2) is 0 Å². The number of rotatable bonds is 6. The van der Waals surface area contributed by atoms with Crippen LogP contribution in [0.2, 0.25) is 0 Å². The number of halogens is 2. The third-order valence-electron chi connectivity index (χ3n) is 2.65. The number of carbonyl (C=O) groups excluding carboxylic acids is 1. The van der Waals surface area contributed by atoms with Crippen LogP contribution in [0, 0.1) is 0 Å². The number of amides is 2. The number of anilines is 1. The van der Waals surface area contributed by atoms with Gasteiger partial charge in [-0.25, -0.2) is 4.79 Å². The predicted molar refractivity (Wildman–Crippen MR) is 79.8 cm³/mol. The van der Waals surface area contributed by atoms with Gasteiger partial charge in [0.25, 0.3) is 0 Å². The van der Waals surface area contributed by atoms with Crippen molar-refractivity contribution in [3.63, 3.8) is 0 Å². The summed E-state index contributed by atoms with van der Waals surface area (Å²) in [6.45, 7) is -2.64. The lowest BCUT2D eigenvalue weighted by Gasteiger charge is -2.13. The molecular formula is C14H14F2N2O3S. The SMILES string of the molecule is COc1ccc(OC(F)F)c(NC(=O)NCc2cccs2)c1. The van der Waals surface area contributed by atoms with E-state index in [1.54, 1.807) is 0 Å². The van der Waals surface area contributed by atoms with E-state index in [4.69, 9.17) is 4.74 Å². The van der Waals surface area contributed by atoms with Crippen molar-refractivity contribution in [2.45, 2.75) is 13.2 Å². The number of ether oxygens (including phenoxy) is 2. The molecule has 0 bridgehead atoms. The van der Waals surface area contributed by atoms with Crippen molar-refractivity contribution in [2.75, 3.05) is 12.4 Å². The molecule has 1 aromatic heterocycles. The number of urea groups is 1. The Morgan fingerprint density at radius 1 is 1.36 bits per heavy atom. The number of hydrogen-bond acceptors (Lipinski definition) is 4. The van der Waals surface area contributed by atoms with Crippen molar-refractivity contribution >= 4 is 23.1 Å². The third-order valence-corrected chi connectivity index (χ3v) is 3.53. The topological polar surface area (TPSA) is 59.6 Å². The van der Waals surface area contributed by atoms with Gasteiger partial charge in [0, 0.05) is 10.9 Å². The maximum atomic E-state index is 12.4. The highest BCUT2D eigenvalue weighted by Crippen LogP contribution is 2.30. The smallest absolute Gasteiger partial charge is 0.387 e. The average Bonchev–Trinajstić information content (AvgIpc) is 3.00. The fourth-order valence-corrected chi connectivity index (χ4v) is 2.32. The fourth-order valence-electron chi connectivity index (χ4n) is 1.68. The van der Waals surface area contributed by atoms with Gasteiger partial charge in [-0.1, -0.05) is 6.07 Å². The van der Waals surface area contributed by atoms with Crippen molar-refractivity contribution in [1.29, 1.82) is 0 Å². The molecule has 0 radical (unpaired) electrons. The van der Waals surface area contributed by atoms with Crippen molar-refractivity contribution in [3.05, 3.63) is 40.6 Å². The van der Waals surface area contributed by atoms with Crippen LogP contribution in [-0.2, 0) is 6.54 Å². The molecule has 2 N–H and O–H groups in total. The molecule has 22 heavy (non-hydrogen) atoms. The molecule has 2 amide bonds. The summed E-state index contributed by atoms with van der Waals surface area (Å²) in [7, 11) is 1.43. The van der Waals surface area contributed by atoms with E-state index >= 15 is 0 Å². The van der Waals surface area contributed by atoms with Crippen molar-refractivity contribution in [2.24, 2.45) is 0 Å². The van der Waals surface area contributed by atoms with Crippen LogP contribution in [0.25, 0.3) is 0 Å². The number of alkyl halides is 2. The highest BCUT2D eigenvalue weighted by atomic mass is 32.1. The Hall–Kier alpha value is -2.35. The fraction of sp³-hybridized carbons (Fsp3) is 0.214. The second kappa shape index (κ2) is 7.60. The predicted octanol–water partition coefficient (Wildman–Crippen LogP) is 3.68. The van der Waals surface area contributed by atoms with Gasteiger partial charge in [-0.15, -0.1) is 11.3 Å². The number of carbonyl (C=O) groups is 1. The lowest BCUT2D eigenvalue weighted by atomic mass is 10.2. The summed E-state index contributed by atoms with van der Waals surface area (Å²) in [6, 6.07) is 7.40. The molecule has 0 saturated heterocycles. The van der Waals surface area contributed by atoms with E-state index in [1.807, 2.05) is 17.5 Å². The van der Waals surface area contributed by atoms with E-state index in [2.05, 4.69) is 15.4 Å². The molecule has 8 heteroatoms. The van der Waals surface area contributed by atoms with Crippen molar-refractivity contribution < 1.29 is 23.0 Å². The molecule has 0 unspecified atom stereocenters. The summed E-state index contributed by atoms with van der Waals surface area (Å²) in [6.07, 6.45) is 0. The first-order chi connectivity index (χ1) is 10.6. The summed E-state index contributed by atoms with van der Waals surface area (Å²) in [5, 5.41) is 6.99. The molecule has 2 aromatic rings. The second-order valence-electron chi connectivity index (χ2n) is 4.13. The first-order valence-corrected chi connectivity index (χ1v) is 7.16. The zero-order valence-electron chi connectivity index (χ0n) is 11.6. The Morgan fingerprint density at radius 3 is 2.82 bits per heavy atom. The number of hydrogen-bond donors (Lipinski definition) is 2. The van der Waals surface area contributed by atoms with Gasteiger partial charge in [0.2, 0.25) is 0 Å². The van der Waals surface area contributed by atoms with Gasteiger partial charge in [0.05, 0.1) is 19.3 Å². The highest BCUT2D eigenvalue weighted by molar-refractivity contribution is 7.09. The average molecular weight is 328 g/mol. The van der Waals surface area contributed by atoms with Crippen molar-refractivity contribution in [1.82, 2.24) is 5.32 Å². The van der Waals surface area contributed by atoms with Gasteiger partial charge in [0.1, 0.15) is 11.5 Å². The quantitative estimate of drug-likeness (QED) is 0.850. The van der Waals surface area contributed by atoms with Crippen LogP contribution in [0.1, 0.15) is 4.88 Å². The molecule has 1 aromatic carbocycles. The minimum absolute atomic E-state index is 0.100. The third kappa shape index (κ3) is 4.59. The summed E-state index contributed by atoms with van der Waals surface area (Å²) in [5.41, 5.74) is 0.100. The Kier molecular flexibility index (Phi) is 5.54. The Morgan fingerprint density at radius 2 is 2.18 bits per heavy atom. The molecule has 0 aliphatic rings. The minimum atomic E-state index is -2.98. The highest BCUT2D eigenvalue weighted by Gasteiger charge is 2.13. The molecular weight excluding hydrogens is 314 g/mol. The lowest BCUT2D eigenvalue weighted by molar-refractivity contribution is -0.0493. The van der Waals surface area contributed by atoms with Gasteiger partial charge in [-0.2, -0.15) is 8.78 Å². The van der Waals surface area contributed by atoms with Crippen LogP contribution in [0.5, 0.6) is 11.5 Å². The van der Waals surface area contributed by atoms with E-state index in [0.29, 0.717) is 12.3 Å². The summed E-state index contributed by atoms with van der Waals surface area (Å²) >= 11 is 1.50. The second-order valence-corrected chi connectivity index (χ2v) is 5.16. The largest absolute Gasteiger partial charge is 0.497 e. The van der Waals surface area contributed by atoms with E-state index in [0.717, 1.165) is 4.88 Å². The number of thiophene rings is 1. The van der Waals surface area contributed by atoms with Crippen molar-refractivity contribution in [3.8, 4) is 11.5 Å². The number of benzene rings is 1. The minimum Gasteiger partial charge on any atom is -0.497 e. The lowest BCUT2D eigenvalue weighted by Crippen LogP contribution is -2.28. The molecule has 0 fully saturated rings. The van der Waals surface area contributed by atoms with E-state index in [9.17, 15) is 13.6 Å². The van der Waals surface area contributed by atoms with Crippen LogP contribution in [-0.4, -0.2) is 19.8 Å². The molecule has 0 aliphatic heterocycles. The monoisotopic (exact) mass is 328 g/mol. The Labute approximate surface area is 129 Å². The first kappa shape index (κ1) is 16.0. The molecule has 1 heterocycles. The molecule has 118 valence electrons. The zero-order valence-corrected chi connectivity index (χ0v) is 12.5. The standard InChI is InChI=1S/C14H14F2N2O3S/c1-20-9-4-5-12(21-13(15)16)11(7-9)18-14(19)17-8-10-3-2-6-22-10/h2-7,13H,8H2,1H3,(H2,17,18,19). The Bertz CT molecular complexity index is 621. The van der Waals surface area contributed by atoms with Crippen LogP contribution in [0.15, 0.2) is 35.7 Å². The van der Waals surface area contributed by atoms with E-state index < -0.39 is 12.6 Å². The van der Waals surface area contributed by atoms with Gasteiger partial charge in [-0.3, -0.25) is 0 Å². The molecule has 0 aliphatic carbocycles. The molecule has 2 rings (SSSR count). The normalized spacial score (nSPS) is 10.4. The van der Waals surface area contributed by atoms with Crippen LogP contribution in [0.4, 0.5) is 19.3 Å². The molecule has 5 nitrogen and oxygen atoms in total. The molecule has 0 spiro atoms. The zero-order chi connectivity index (χ0) is 15.9. The van der Waals surface area contributed by atoms with E-state index in [1.165, 1.54) is 36.6 Å². The number of nitrogens with one attached hydrogen (secondary N) is 2. The molecule has 0 saturated carbocycles.